The van der Waals surface area contributed by atoms with E-state index in [1.165, 1.54) is 6.07 Å². The number of rotatable bonds is 3. The highest BCUT2D eigenvalue weighted by molar-refractivity contribution is 6.66. The number of benzene rings is 1. The minimum Gasteiger partial charge on any atom is -0.341 e. The van der Waals surface area contributed by atoms with Gasteiger partial charge in [-0.3, -0.25) is 10.1 Å². The zero-order valence-corrected chi connectivity index (χ0v) is 15.7. The molecule has 8 nitrogen and oxygen atoms in total. The predicted molar refractivity (Wildman–Crippen MR) is 101 cm³/mol. The summed E-state index contributed by atoms with van der Waals surface area (Å²) in [4.78, 5) is 25.5. The number of anilines is 1. The third-order valence-electron chi connectivity index (χ3n) is 4.04. The summed E-state index contributed by atoms with van der Waals surface area (Å²) in [6, 6.07) is 6.25. The number of nitrogens with two attached hydrogens (primary N) is 1. The first kappa shape index (κ1) is 19.0. The fraction of sp³-hybridized carbons (Fsp3) is 0.400. The number of nitrogens with zero attached hydrogens (tertiary/aromatic N) is 5. The first-order valence-corrected chi connectivity index (χ1v) is 8.96. The number of halogens is 3. The van der Waals surface area contributed by atoms with Crippen LogP contribution in [0.3, 0.4) is 0 Å². The smallest absolute Gasteiger partial charge is 0.280 e. The fourth-order valence-electron chi connectivity index (χ4n) is 2.67. The second-order valence-electron chi connectivity index (χ2n) is 5.88. The first-order valence-electron chi connectivity index (χ1n) is 7.83. The van der Waals surface area contributed by atoms with Gasteiger partial charge < -0.3 is 10.6 Å². The Kier molecular flexibility index (Phi) is 5.47. The zero-order valence-electron chi connectivity index (χ0n) is 13.5. The van der Waals surface area contributed by atoms with Crippen molar-refractivity contribution < 1.29 is 4.92 Å². The number of hydrogen-bond acceptors (Lipinski definition) is 7. The average Bonchev–Trinajstić information content (AvgIpc) is 2.61. The molecule has 2 N–H and O–H groups in total. The van der Waals surface area contributed by atoms with Crippen molar-refractivity contribution in [3.8, 4) is 11.4 Å². The van der Waals surface area contributed by atoms with Crippen LogP contribution in [-0.4, -0.2) is 39.0 Å². The van der Waals surface area contributed by atoms with Crippen molar-refractivity contribution in [3.05, 3.63) is 40.2 Å². The molecule has 2 aromatic rings. The summed E-state index contributed by atoms with van der Waals surface area (Å²) in [5, 5.41) is 11.3. The van der Waals surface area contributed by atoms with Crippen LogP contribution in [0, 0.1) is 10.1 Å². The van der Waals surface area contributed by atoms with Gasteiger partial charge >= 0.3 is 0 Å². The van der Waals surface area contributed by atoms with E-state index in [0.717, 1.165) is 12.8 Å². The number of nitro groups is 1. The summed E-state index contributed by atoms with van der Waals surface area (Å²) in [7, 11) is 0. The Morgan fingerprint density at radius 2 is 1.81 bits per heavy atom. The van der Waals surface area contributed by atoms with Gasteiger partial charge in [0.05, 0.1) is 10.5 Å². The lowest BCUT2D eigenvalue weighted by molar-refractivity contribution is -0.384. The van der Waals surface area contributed by atoms with E-state index in [2.05, 4.69) is 15.0 Å². The molecule has 2 heterocycles. The van der Waals surface area contributed by atoms with Crippen molar-refractivity contribution in [2.75, 3.05) is 18.0 Å². The molecule has 0 unspecified atom stereocenters. The number of piperidine rings is 1. The van der Waals surface area contributed by atoms with Crippen molar-refractivity contribution in [3.63, 3.8) is 0 Å². The van der Waals surface area contributed by atoms with E-state index in [4.69, 9.17) is 40.5 Å². The van der Waals surface area contributed by atoms with E-state index in [1.807, 2.05) is 4.90 Å². The Hall–Kier alpha value is -1.74. The Morgan fingerprint density at radius 3 is 2.42 bits per heavy atom. The Morgan fingerprint density at radius 1 is 1.15 bits per heavy atom. The van der Waals surface area contributed by atoms with Crippen LogP contribution < -0.4 is 10.6 Å². The van der Waals surface area contributed by atoms with E-state index < -0.39 is 8.72 Å². The van der Waals surface area contributed by atoms with Crippen molar-refractivity contribution >= 4 is 46.4 Å². The van der Waals surface area contributed by atoms with Gasteiger partial charge in [0, 0.05) is 25.2 Å². The monoisotopic (exact) mass is 416 g/mol. The molecule has 0 saturated carbocycles. The quantitative estimate of drug-likeness (QED) is 0.463. The maximum absolute atomic E-state index is 11.3. The van der Waals surface area contributed by atoms with Crippen LogP contribution in [0.4, 0.5) is 11.6 Å². The standard InChI is InChI=1S/C15H15Cl3N6O2/c16-15(17,18)13-20-12(10-3-1-2-4-11(10)24(25)26)21-14(22-13)23-7-5-9(19)6-8-23/h1-4,9H,5-8,19H2. The summed E-state index contributed by atoms with van der Waals surface area (Å²) in [6.45, 7) is 1.28. The second-order valence-corrected chi connectivity index (χ2v) is 8.16. The minimum absolute atomic E-state index is 0.0819. The van der Waals surface area contributed by atoms with Crippen LogP contribution in [0.5, 0.6) is 0 Å². The van der Waals surface area contributed by atoms with Gasteiger partial charge in [0.2, 0.25) is 9.74 Å². The summed E-state index contributed by atoms with van der Waals surface area (Å²) < 4.78 is -1.89. The highest BCUT2D eigenvalue weighted by Crippen LogP contribution is 2.38. The van der Waals surface area contributed by atoms with Gasteiger partial charge in [0.25, 0.3) is 5.69 Å². The molecule has 1 aromatic heterocycles. The number of alkyl halides is 3. The topological polar surface area (TPSA) is 111 Å². The van der Waals surface area contributed by atoms with Crippen molar-refractivity contribution in [1.82, 2.24) is 15.0 Å². The molecule has 1 aromatic carbocycles. The molecule has 0 aliphatic carbocycles. The molecule has 1 fully saturated rings. The van der Waals surface area contributed by atoms with E-state index in [-0.39, 0.29) is 28.9 Å². The normalized spacial score (nSPS) is 15.9. The van der Waals surface area contributed by atoms with Gasteiger partial charge in [-0.05, 0) is 18.9 Å². The third kappa shape index (κ3) is 4.15. The van der Waals surface area contributed by atoms with Crippen LogP contribution in [0.25, 0.3) is 11.4 Å². The molecule has 1 aliphatic rings. The highest BCUT2D eigenvalue weighted by atomic mass is 35.6. The molecule has 11 heteroatoms. The maximum Gasteiger partial charge on any atom is 0.280 e. The van der Waals surface area contributed by atoms with E-state index in [1.54, 1.807) is 18.2 Å². The van der Waals surface area contributed by atoms with E-state index in [9.17, 15) is 10.1 Å². The van der Waals surface area contributed by atoms with Crippen LogP contribution >= 0.6 is 34.8 Å². The maximum atomic E-state index is 11.3. The molecule has 1 saturated heterocycles. The zero-order chi connectivity index (χ0) is 18.9. The van der Waals surface area contributed by atoms with Crippen LogP contribution in [-0.2, 0) is 3.79 Å². The summed E-state index contributed by atoms with van der Waals surface area (Å²) in [6.07, 6.45) is 1.55. The number of hydrogen-bond donors (Lipinski definition) is 1. The average molecular weight is 418 g/mol. The summed E-state index contributed by atoms with van der Waals surface area (Å²) in [5.41, 5.74) is 6.02. The van der Waals surface area contributed by atoms with Crippen LogP contribution in [0.15, 0.2) is 24.3 Å². The van der Waals surface area contributed by atoms with Gasteiger partial charge in [-0.1, -0.05) is 46.9 Å². The molecule has 0 radical (unpaired) electrons. The lowest BCUT2D eigenvalue weighted by Crippen LogP contribution is -2.40. The van der Waals surface area contributed by atoms with Gasteiger partial charge in [0.15, 0.2) is 11.6 Å². The van der Waals surface area contributed by atoms with Gasteiger partial charge in [-0.25, -0.2) is 4.98 Å². The molecule has 26 heavy (non-hydrogen) atoms. The lowest BCUT2D eigenvalue weighted by Gasteiger charge is -2.30. The highest BCUT2D eigenvalue weighted by Gasteiger charge is 2.31. The number of aromatic nitrogens is 3. The van der Waals surface area contributed by atoms with E-state index in [0.29, 0.717) is 19.0 Å². The Bertz CT molecular complexity index is 821. The first-order chi connectivity index (χ1) is 12.3. The molecule has 1 aliphatic heterocycles. The molecule has 138 valence electrons. The lowest BCUT2D eigenvalue weighted by atomic mass is 10.1. The predicted octanol–water partition coefficient (Wildman–Crippen LogP) is 3.20. The van der Waals surface area contributed by atoms with Gasteiger partial charge in [-0.15, -0.1) is 0 Å². The Labute approximate surface area is 164 Å². The molecular formula is C15H15Cl3N6O2. The molecule has 0 amide bonds. The van der Waals surface area contributed by atoms with Crippen molar-refractivity contribution in [2.24, 2.45) is 5.73 Å². The van der Waals surface area contributed by atoms with Crippen LogP contribution in [0.2, 0.25) is 0 Å². The molecule has 3 rings (SSSR count). The van der Waals surface area contributed by atoms with Crippen LogP contribution in [0.1, 0.15) is 18.7 Å². The molecule has 0 spiro atoms. The minimum atomic E-state index is -1.89. The molecular weight excluding hydrogens is 403 g/mol. The Balaban J connectivity index is 2.11. The largest absolute Gasteiger partial charge is 0.341 e. The number of para-hydroxylation sites is 1. The third-order valence-corrected chi connectivity index (χ3v) is 4.55. The van der Waals surface area contributed by atoms with Crippen molar-refractivity contribution in [2.45, 2.75) is 22.7 Å². The second kappa shape index (κ2) is 7.48. The summed E-state index contributed by atoms with van der Waals surface area (Å²) >= 11 is 17.9. The van der Waals surface area contributed by atoms with Gasteiger partial charge in [-0.2, -0.15) is 9.97 Å². The fourth-order valence-corrected chi connectivity index (χ4v) is 2.93. The van der Waals surface area contributed by atoms with Gasteiger partial charge in [0.1, 0.15) is 0 Å². The summed E-state index contributed by atoms with van der Waals surface area (Å²) in [5.74, 6) is 0.301. The SMILES string of the molecule is NC1CCN(c2nc(-c3ccccc3[N+](=O)[O-])nc(C(Cl)(Cl)Cl)n2)CC1. The number of nitro benzene ring substituents is 1. The van der Waals surface area contributed by atoms with E-state index >= 15 is 0 Å². The molecule has 0 atom stereocenters. The van der Waals surface area contributed by atoms with Crippen molar-refractivity contribution in [1.29, 1.82) is 0 Å². The molecule has 0 bridgehead atoms.